The van der Waals surface area contributed by atoms with Gasteiger partial charge >= 0.3 is 0 Å². The van der Waals surface area contributed by atoms with Crippen molar-refractivity contribution in [3.05, 3.63) is 36.4 Å². The number of nitrogens with zero attached hydrogens (tertiary/aromatic N) is 1. The first-order chi connectivity index (χ1) is 10.7. The number of hydrogen-bond donors (Lipinski definition) is 1. The zero-order valence-corrected chi connectivity index (χ0v) is 15.1. The third-order valence-corrected chi connectivity index (χ3v) is 5.56. The van der Waals surface area contributed by atoms with Gasteiger partial charge in [0.25, 0.3) is 0 Å². The van der Waals surface area contributed by atoms with E-state index in [0.29, 0.717) is 29.1 Å². The van der Waals surface area contributed by atoms with Gasteiger partial charge in [-0.1, -0.05) is 52.0 Å². The van der Waals surface area contributed by atoms with Gasteiger partial charge in [0.15, 0.2) is 0 Å². The fourth-order valence-corrected chi connectivity index (χ4v) is 4.73. The van der Waals surface area contributed by atoms with Crippen LogP contribution in [-0.4, -0.2) is 25.8 Å². The van der Waals surface area contributed by atoms with Crippen molar-refractivity contribution in [2.24, 2.45) is 11.8 Å². The van der Waals surface area contributed by atoms with Crippen LogP contribution in [0.5, 0.6) is 0 Å². The molecule has 0 fully saturated rings. The Labute approximate surface area is 139 Å². The highest BCUT2D eigenvalue weighted by Gasteiger charge is 2.27. The smallest absolute Gasteiger partial charge is 0.243 e. The molecule has 0 bridgehead atoms. The largest absolute Gasteiger partial charge is 0.398 e. The molecule has 0 saturated heterocycles. The number of nitrogens with two attached hydrogens (primary N) is 1. The lowest BCUT2D eigenvalue weighted by atomic mass is 10.1. The molecular formula is C18H26N2O2S. The second kappa shape index (κ2) is 6.89. The summed E-state index contributed by atoms with van der Waals surface area (Å²) in [5.41, 5.74) is 6.59. The summed E-state index contributed by atoms with van der Waals surface area (Å²) < 4.78 is 28.0. The molecule has 0 heterocycles. The summed E-state index contributed by atoms with van der Waals surface area (Å²) in [7, 11) is -3.56. The molecule has 2 aromatic rings. The van der Waals surface area contributed by atoms with Gasteiger partial charge in [0, 0.05) is 29.5 Å². The van der Waals surface area contributed by atoms with Gasteiger partial charge in [0.1, 0.15) is 0 Å². The van der Waals surface area contributed by atoms with Crippen molar-refractivity contribution in [2.75, 3.05) is 18.8 Å². The van der Waals surface area contributed by atoms with E-state index < -0.39 is 10.0 Å². The Bertz CT molecular complexity index is 773. The second-order valence-corrected chi connectivity index (χ2v) is 8.71. The highest BCUT2D eigenvalue weighted by molar-refractivity contribution is 7.89. The lowest BCUT2D eigenvalue weighted by Gasteiger charge is -2.26. The van der Waals surface area contributed by atoms with E-state index in [-0.39, 0.29) is 11.8 Å². The third-order valence-electron chi connectivity index (χ3n) is 3.67. The van der Waals surface area contributed by atoms with Crippen LogP contribution < -0.4 is 5.73 Å². The number of sulfonamides is 1. The molecule has 0 saturated carbocycles. The van der Waals surface area contributed by atoms with Crippen LogP contribution in [0.1, 0.15) is 27.7 Å². The molecule has 23 heavy (non-hydrogen) atoms. The van der Waals surface area contributed by atoms with Crippen molar-refractivity contribution in [3.63, 3.8) is 0 Å². The summed E-state index contributed by atoms with van der Waals surface area (Å²) >= 11 is 0. The highest BCUT2D eigenvalue weighted by atomic mass is 32.2. The molecule has 0 spiro atoms. The third kappa shape index (κ3) is 3.85. The number of anilines is 1. The van der Waals surface area contributed by atoms with Gasteiger partial charge in [-0.25, -0.2) is 8.42 Å². The Morgan fingerprint density at radius 2 is 1.43 bits per heavy atom. The topological polar surface area (TPSA) is 63.4 Å². The quantitative estimate of drug-likeness (QED) is 0.819. The van der Waals surface area contributed by atoms with Crippen molar-refractivity contribution in [1.29, 1.82) is 0 Å². The maximum atomic E-state index is 13.2. The molecule has 0 aliphatic heterocycles. The van der Waals surface area contributed by atoms with Crippen LogP contribution in [0.2, 0.25) is 0 Å². The molecule has 5 heteroatoms. The van der Waals surface area contributed by atoms with Gasteiger partial charge in [-0.05, 0) is 24.0 Å². The van der Waals surface area contributed by atoms with Crippen molar-refractivity contribution >= 4 is 26.5 Å². The molecule has 2 aromatic carbocycles. The van der Waals surface area contributed by atoms with Gasteiger partial charge in [-0.3, -0.25) is 0 Å². The van der Waals surface area contributed by atoms with Crippen molar-refractivity contribution in [3.8, 4) is 0 Å². The zero-order valence-electron chi connectivity index (χ0n) is 14.3. The van der Waals surface area contributed by atoms with Crippen molar-refractivity contribution in [1.82, 2.24) is 4.31 Å². The number of benzene rings is 2. The van der Waals surface area contributed by atoms with Crippen LogP contribution in [0.3, 0.4) is 0 Å². The molecule has 0 aliphatic carbocycles. The molecule has 0 radical (unpaired) electrons. The predicted molar refractivity (Wildman–Crippen MR) is 96.8 cm³/mol. The van der Waals surface area contributed by atoms with E-state index in [9.17, 15) is 8.42 Å². The Kier molecular flexibility index (Phi) is 5.32. The van der Waals surface area contributed by atoms with Gasteiger partial charge < -0.3 is 5.73 Å². The Balaban J connectivity index is 2.59. The van der Waals surface area contributed by atoms with E-state index in [4.69, 9.17) is 5.73 Å². The summed E-state index contributed by atoms with van der Waals surface area (Å²) in [5, 5.41) is 1.47. The standard InChI is InChI=1S/C18H26N2O2S/c1-13(2)11-20(12-14(3)4)23(21,22)18-10-6-7-15-16(18)8-5-9-17(15)19/h5-10,13-14H,11-12,19H2,1-4H3. The lowest BCUT2D eigenvalue weighted by molar-refractivity contribution is 0.333. The maximum Gasteiger partial charge on any atom is 0.243 e. The molecule has 126 valence electrons. The lowest BCUT2D eigenvalue weighted by Crippen LogP contribution is -2.37. The van der Waals surface area contributed by atoms with Crippen LogP contribution in [0.4, 0.5) is 5.69 Å². The number of hydrogen-bond acceptors (Lipinski definition) is 3. The minimum atomic E-state index is -3.56. The van der Waals surface area contributed by atoms with Crippen LogP contribution in [0, 0.1) is 11.8 Å². The minimum absolute atomic E-state index is 0.267. The average Bonchev–Trinajstić information content (AvgIpc) is 2.45. The van der Waals surface area contributed by atoms with Gasteiger partial charge in [0.05, 0.1) is 4.90 Å². The fourth-order valence-electron chi connectivity index (χ4n) is 2.75. The monoisotopic (exact) mass is 334 g/mol. The molecule has 0 unspecified atom stereocenters. The predicted octanol–water partition coefficient (Wildman–Crippen LogP) is 3.72. The fraction of sp³-hybridized carbons (Fsp3) is 0.444. The molecule has 4 nitrogen and oxygen atoms in total. The normalized spacial score (nSPS) is 12.7. The zero-order chi connectivity index (χ0) is 17.2. The minimum Gasteiger partial charge on any atom is -0.398 e. The van der Waals surface area contributed by atoms with Crippen molar-refractivity contribution < 1.29 is 8.42 Å². The Morgan fingerprint density at radius 1 is 0.913 bits per heavy atom. The SMILES string of the molecule is CC(C)CN(CC(C)C)S(=O)(=O)c1cccc2c(N)cccc12. The second-order valence-electron chi connectivity index (χ2n) is 6.81. The molecule has 0 atom stereocenters. The van der Waals surface area contributed by atoms with E-state index >= 15 is 0 Å². The molecule has 0 aromatic heterocycles. The average molecular weight is 334 g/mol. The van der Waals surface area contributed by atoms with Gasteiger partial charge in [-0.2, -0.15) is 4.31 Å². The highest BCUT2D eigenvalue weighted by Crippen LogP contribution is 2.29. The van der Waals surface area contributed by atoms with Gasteiger partial charge in [0.2, 0.25) is 10.0 Å². The molecule has 2 rings (SSSR count). The van der Waals surface area contributed by atoms with E-state index in [1.54, 1.807) is 28.6 Å². The maximum absolute atomic E-state index is 13.2. The molecule has 0 aliphatic rings. The molecule has 2 N–H and O–H groups in total. The van der Waals surface area contributed by atoms with E-state index in [1.165, 1.54) is 0 Å². The van der Waals surface area contributed by atoms with Crippen LogP contribution in [0.15, 0.2) is 41.3 Å². The summed E-state index contributed by atoms with van der Waals surface area (Å²) in [6.07, 6.45) is 0. The number of nitrogen functional groups attached to an aromatic ring is 1. The molecular weight excluding hydrogens is 308 g/mol. The Morgan fingerprint density at radius 3 is 2.00 bits per heavy atom. The van der Waals surface area contributed by atoms with E-state index in [2.05, 4.69) is 0 Å². The van der Waals surface area contributed by atoms with Crippen molar-refractivity contribution in [2.45, 2.75) is 32.6 Å². The van der Waals surface area contributed by atoms with E-state index in [0.717, 1.165) is 5.39 Å². The van der Waals surface area contributed by atoms with Crippen LogP contribution >= 0.6 is 0 Å². The first-order valence-corrected chi connectivity index (χ1v) is 9.45. The van der Waals surface area contributed by atoms with Crippen LogP contribution in [0.25, 0.3) is 10.8 Å². The summed E-state index contributed by atoms with van der Waals surface area (Å²) in [4.78, 5) is 0.337. The van der Waals surface area contributed by atoms with E-state index in [1.807, 2.05) is 39.8 Å². The summed E-state index contributed by atoms with van der Waals surface area (Å²) in [6, 6.07) is 10.7. The Hall–Kier alpha value is -1.59. The van der Waals surface area contributed by atoms with Gasteiger partial charge in [-0.15, -0.1) is 0 Å². The number of rotatable bonds is 6. The summed E-state index contributed by atoms with van der Waals surface area (Å²) in [6.45, 7) is 9.15. The first kappa shape index (κ1) is 17.8. The number of fused-ring (bicyclic) bond motifs is 1. The first-order valence-electron chi connectivity index (χ1n) is 8.01. The summed E-state index contributed by atoms with van der Waals surface area (Å²) in [5.74, 6) is 0.534. The van der Waals surface area contributed by atoms with Crippen LogP contribution in [-0.2, 0) is 10.0 Å². The molecule has 0 amide bonds.